The van der Waals surface area contributed by atoms with Crippen molar-refractivity contribution < 1.29 is 17.9 Å². The van der Waals surface area contributed by atoms with Crippen molar-refractivity contribution in [1.82, 2.24) is 5.32 Å². The summed E-state index contributed by atoms with van der Waals surface area (Å²) in [5, 5.41) is 3.22. The van der Waals surface area contributed by atoms with Crippen molar-refractivity contribution in [1.29, 1.82) is 0 Å². The van der Waals surface area contributed by atoms with E-state index in [4.69, 9.17) is 4.74 Å². The van der Waals surface area contributed by atoms with Crippen molar-refractivity contribution in [3.05, 3.63) is 35.4 Å². The average molecular weight is 259 g/mol. The lowest BCUT2D eigenvalue weighted by atomic mass is 10.1. The maximum atomic E-state index is 12.4. The van der Waals surface area contributed by atoms with Crippen LogP contribution < -0.4 is 5.32 Å². The second-order valence-electron chi connectivity index (χ2n) is 4.73. The van der Waals surface area contributed by atoms with Crippen LogP contribution in [-0.2, 0) is 17.3 Å². The van der Waals surface area contributed by atoms with E-state index in [1.165, 1.54) is 12.1 Å². The van der Waals surface area contributed by atoms with Crippen molar-refractivity contribution in [2.75, 3.05) is 13.2 Å². The van der Waals surface area contributed by atoms with Gasteiger partial charge in [0.15, 0.2) is 0 Å². The molecule has 0 amide bonds. The Bertz CT molecular complexity index is 380. The van der Waals surface area contributed by atoms with Gasteiger partial charge in [-0.1, -0.05) is 19.1 Å². The second-order valence-corrected chi connectivity index (χ2v) is 4.73. The summed E-state index contributed by atoms with van der Waals surface area (Å²) in [6.07, 6.45) is -3.78. The molecule has 18 heavy (non-hydrogen) atoms. The van der Waals surface area contributed by atoms with E-state index in [1.807, 2.05) is 0 Å². The number of rotatable bonds is 2. The molecule has 0 aliphatic carbocycles. The lowest BCUT2D eigenvalue weighted by Crippen LogP contribution is -2.43. The molecule has 0 radical (unpaired) electrons. The van der Waals surface area contributed by atoms with Gasteiger partial charge >= 0.3 is 6.18 Å². The SMILES string of the molecule is CC1CNC(Cc2ccc(C(F)(F)F)cc2)OC1. The van der Waals surface area contributed by atoms with Crippen molar-refractivity contribution in [3.63, 3.8) is 0 Å². The highest BCUT2D eigenvalue weighted by molar-refractivity contribution is 5.25. The number of halogens is 3. The van der Waals surface area contributed by atoms with Gasteiger partial charge in [-0.15, -0.1) is 0 Å². The molecule has 0 saturated carbocycles. The van der Waals surface area contributed by atoms with Crippen molar-refractivity contribution in [2.24, 2.45) is 5.92 Å². The van der Waals surface area contributed by atoms with E-state index < -0.39 is 11.7 Å². The van der Waals surface area contributed by atoms with Gasteiger partial charge in [0.05, 0.1) is 12.2 Å². The maximum Gasteiger partial charge on any atom is 0.416 e. The standard InChI is InChI=1S/C13H16F3NO/c1-9-7-17-12(18-8-9)6-10-2-4-11(5-3-10)13(14,15)16/h2-5,9,12,17H,6-8H2,1H3. The first-order chi connectivity index (χ1) is 8.45. The van der Waals surface area contributed by atoms with Crippen LogP contribution in [0.5, 0.6) is 0 Å². The molecule has 1 N–H and O–H groups in total. The summed E-state index contributed by atoms with van der Waals surface area (Å²) < 4.78 is 42.7. The van der Waals surface area contributed by atoms with E-state index in [9.17, 15) is 13.2 Å². The molecule has 1 heterocycles. The third kappa shape index (κ3) is 3.46. The maximum absolute atomic E-state index is 12.4. The highest BCUT2D eigenvalue weighted by Crippen LogP contribution is 2.29. The van der Waals surface area contributed by atoms with Gasteiger partial charge in [0, 0.05) is 13.0 Å². The van der Waals surface area contributed by atoms with Crippen LogP contribution in [0.15, 0.2) is 24.3 Å². The van der Waals surface area contributed by atoms with E-state index in [2.05, 4.69) is 12.2 Å². The normalized spacial score (nSPS) is 25.1. The molecular formula is C13H16F3NO. The molecule has 0 aromatic heterocycles. The molecule has 1 aromatic rings. The number of alkyl halides is 3. The summed E-state index contributed by atoms with van der Waals surface area (Å²) in [5.41, 5.74) is 0.229. The van der Waals surface area contributed by atoms with Gasteiger partial charge in [-0.25, -0.2) is 0 Å². The molecule has 2 nitrogen and oxygen atoms in total. The first-order valence-corrected chi connectivity index (χ1v) is 5.96. The third-order valence-electron chi connectivity index (χ3n) is 2.98. The van der Waals surface area contributed by atoms with Crippen LogP contribution >= 0.6 is 0 Å². The summed E-state index contributed by atoms with van der Waals surface area (Å²) >= 11 is 0. The first-order valence-electron chi connectivity index (χ1n) is 5.96. The minimum absolute atomic E-state index is 0.0991. The van der Waals surface area contributed by atoms with E-state index in [1.54, 1.807) is 0 Å². The Hall–Kier alpha value is -1.07. The monoisotopic (exact) mass is 259 g/mol. The number of nitrogens with one attached hydrogen (secondary N) is 1. The summed E-state index contributed by atoms with van der Waals surface area (Å²) in [6.45, 7) is 3.66. The van der Waals surface area contributed by atoms with Gasteiger partial charge in [-0.3, -0.25) is 5.32 Å². The molecule has 1 aromatic carbocycles. The third-order valence-corrected chi connectivity index (χ3v) is 2.98. The molecule has 1 fully saturated rings. The molecule has 0 spiro atoms. The summed E-state index contributed by atoms with van der Waals surface area (Å²) in [7, 11) is 0. The second kappa shape index (κ2) is 5.28. The summed E-state index contributed by atoms with van der Waals surface area (Å²) in [6, 6.07) is 5.24. The molecule has 2 atom stereocenters. The Balaban J connectivity index is 1.94. The summed E-state index contributed by atoms with van der Waals surface area (Å²) in [4.78, 5) is 0. The number of hydrogen-bond donors (Lipinski definition) is 1. The van der Waals surface area contributed by atoms with Crippen LogP contribution in [0, 0.1) is 5.92 Å². The van der Waals surface area contributed by atoms with Crippen LogP contribution in [-0.4, -0.2) is 19.4 Å². The Morgan fingerprint density at radius 2 is 1.94 bits per heavy atom. The zero-order chi connectivity index (χ0) is 13.2. The number of benzene rings is 1. The lowest BCUT2D eigenvalue weighted by molar-refractivity contribution is -0.137. The molecule has 100 valence electrons. The van der Waals surface area contributed by atoms with Gasteiger partial charge in [0.25, 0.3) is 0 Å². The molecule has 1 saturated heterocycles. The molecule has 2 rings (SSSR count). The zero-order valence-corrected chi connectivity index (χ0v) is 10.1. The Morgan fingerprint density at radius 1 is 1.28 bits per heavy atom. The Kier molecular flexibility index (Phi) is 3.92. The van der Waals surface area contributed by atoms with Crippen LogP contribution in [0.2, 0.25) is 0 Å². The van der Waals surface area contributed by atoms with Crippen LogP contribution in [0.4, 0.5) is 13.2 Å². The van der Waals surface area contributed by atoms with Crippen molar-refractivity contribution in [3.8, 4) is 0 Å². The fourth-order valence-corrected chi connectivity index (χ4v) is 1.91. The van der Waals surface area contributed by atoms with Crippen LogP contribution in [0.3, 0.4) is 0 Å². The number of ether oxygens (including phenoxy) is 1. The van der Waals surface area contributed by atoms with Crippen LogP contribution in [0.25, 0.3) is 0 Å². The molecule has 2 unspecified atom stereocenters. The first kappa shape index (κ1) is 13.4. The van der Waals surface area contributed by atoms with Gasteiger partial charge in [0.1, 0.15) is 6.23 Å². The van der Waals surface area contributed by atoms with Crippen molar-refractivity contribution in [2.45, 2.75) is 25.7 Å². The Labute approximate surface area is 104 Å². The van der Waals surface area contributed by atoms with Crippen LogP contribution in [0.1, 0.15) is 18.1 Å². The van der Waals surface area contributed by atoms with Gasteiger partial charge in [-0.05, 0) is 23.6 Å². The molecule has 1 aliphatic heterocycles. The molecule has 1 aliphatic rings. The Morgan fingerprint density at radius 3 is 2.44 bits per heavy atom. The molecule has 0 bridgehead atoms. The zero-order valence-electron chi connectivity index (χ0n) is 10.1. The smallest absolute Gasteiger partial charge is 0.363 e. The predicted molar refractivity (Wildman–Crippen MR) is 62.1 cm³/mol. The van der Waals surface area contributed by atoms with E-state index in [0.29, 0.717) is 18.9 Å². The topological polar surface area (TPSA) is 21.3 Å². The average Bonchev–Trinajstić information content (AvgIpc) is 2.32. The lowest BCUT2D eigenvalue weighted by Gasteiger charge is -2.28. The van der Waals surface area contributed by atoms with E-state index in [0.717, 1.165) is 24.2 Å². The quantitative estimate of drug-likeness (QED) is 0.881. The minimum Gasteiger partial charge on any atom is -0.363 e. The molecule has 5 heteroatoms. The predicted octanol–water partition coefficient (Wildman–Crippen LogP) is 2.83. The highest BCUT2D eigenvalue weighted by atomic mass is 19.4. The minimum atomic E-state index is -4.27. The number of hydrogen-bond acceptors (Lipinski definition) is 2. The van der Waals surface area contributed by atoms with E-state index in [-0.39, 0.29) is 6.23 Å². The fraction of sp³-hybridized carbons (Fsp3) is 0.538. The van der Waals surface area contributed by atoms with Gasteiger partial charge in [0.2, 0.25) is 0 Å². The van der Waals surface area contributed by atoms with Gasteiger partial charge < -0.3 is 4.74 Å². The fourth-order valence-electron chi connectivity index (χ4n) is 1.91. The largest absolute Gasteiger partial charge is 0.416 e. The van der Waals surface area contributed by atoms with E-state index >= 15 is 0 Å². The molecular weight excluding hydrogens is 243 g/mol. The van der Waals surface area contributed by atoms with Gasteiger partial charge in [-0.2, -0.15) is 13.2 Å². The highest BCUT2D eigenvalue weighted by Gasteiger charge is 2.30. The summed E-state index contributed by atoms with van der Waals surface area (Å²) in [5.74, 6) is 0.480. The van der Waals surface area contributed by atoms with Crippen molar-refractivity contribution >= 4 is 0 Å².